The van der Waals surface area contributed by atoms with Crippen LogP contribution < -0.4 is 0 Å². The first kappa shape index (κ1) is 29.6. The number of fused-ring (bicyclic) bond motifs is 2. The molecule has 2 aliphatic heterocycles. The zero-order valence-corrected chi connectivity index (χ0v) is 27.3. The maximum Gasteiger partial charge on any atom is 0.410 e. The third-order valence-electron chi connectivity index (χ3n) is 8.69. The number of aromatic nitrogens is 1. The van der Waals surface area contributed by atoms with Crippen LogP contribution in [0.3, 0.4) is 0 Å². The second-order valence-electron chi connectivity index (χ2n) is 12.8. The van der Waals surface area contributed by atoms with Gasteiger partial charge in [0.2, 0.25) is 5.91 Å². The van der Waals surface area contributed by atoms with Crippen molar-refractivity contribution >= 4 is 43.9 Å². The van der Waals surface area contributed by atoms with Crippen molar-refractivity contribution in [2.24, 2.45) is 11.8 Å². The van der Waals surface area contributed by atoms with Gasteiger partial charge in [-0.3, -0.25) is 9.78 Å². The van der Waals surface area contributed by atoms with E-state index in [1.807, 2.05) is 27.0 Å². The van der Waals surface area contributed by atoms with Crippen molar-refractivity contribution in [2.75, 3.05) is 26.2 Å². The summed E-state index contributed by atoms with van der Waals surface area (Å²) in [6.45, 7) is 10.7. The van der Waals surface area contributed by atoms with Gasteiger partial charge in [0.15, 0.2) is 0 Å². The summed E-state index contributed by atoms with van der Waals surface area (Å²) >= 11 is 7.56. The number of carbonyl (C=O) groups excluding carboxylic acids is 2. The van der Waals surface area contributed by atoms with Crippen molar-refractivity contribution in [3.63, 3.8) is 0 Å². The summed E-state index contributed by atoms with van der Waals surface area (Å²) in [7, 11) is 0. The maximum absolute atomic E-state index is 13.3. The minimum atomic E-state index is -0.487. The molecule has 2 fully saturated rings. The molecule has 5 rings (SSSR count). The van der Waals surface area contributed by atoms with Gasteiger partial charge in [-0.25, -0.2) is 4.79 Å². The molecule has 6 nitrogen and oxygen atoms in total. The molecule has 2 saturated heterocycles. The van der Waals surface area contributed by atoms with E-state index in [1.165, 1.54) is 32.4 Å². The van der Waals surface area contributed by atoms with E-state index in [9.17, 15) is 9.59 Å². The van der Waals surface area contributed by atoms with Crippen molar-refractivity contribution in [3.8, 4) is 0 Å². The van der Waals surface area contributed by atoms with Gasteiger partial charge in [0, 0.05) is 53.7 Å². The molecule has 1 aliphatic carbocycles. The number of pyridine rings is 1. The molecule has 3 aliphatic rings. The van der Waals surface area contributed by atoms with E-state index in [-0.39, 0.29) is 17.9 Å². The molecular formula is C32H41Br2N3O3. The van der Waals surface area contributed by atoms with Crippen LogP contribution in [0, 0.1) is 18.8 Å². The first-order valence-corrected chi connectivity index (χ1v) is 16.3. The Kier molecular flexibility index (Phi) is 8.96. The highest BCUT2D eigenvalue weighted by molar-refractivity contribution is 9.10. The zero-order valence-electron chi connectivity index (χ0n) is 24.1. The third kappa shape index (κ3) is 6.75. The highest BCUT2D eigenvalue weighted by Gasteiger charge is 2.37. The first-order chi connectivity index (χ1) is 19.0. The second kappa shape index (κ2) is 12.1. The van der Waals surface area contributed by atoms with Crippen LogP contribution >= 0.6 is 31.9 Å². The SMILES string of the molecule is Cc1cc(Br)c2c(c1)CCc1cc(Br)cnc1C2C1CCN(C(=O)CC2CCN(C(=O)OC(C)(C)C)CC2)CC1. The Labute approximate surface area is 255 Å². The van der Waals surface area contributed by atoms with E-state index in [1.54, 1.807) is 4.90 Å². The molecule has 2 aromatic rings. The number of halogens is 2. The van der Waals surface area contributed by atoms with E-state index in [0.29, 0.717) is 31.3 Å². The fourth-order valence-corrected chi connectivity index (χ4v) is 7.96. The van der Waals surface area contributed by atoms with E-state index in [2.05, 4.69) is 61.9 Å². The summed E-state index contributed by atoms with van der Waals surface area (Å²) in [6.07, 6.45) is 7.93. The molecule has 1 unspecified atom stereocenters. The number of amides is 2. The molecule has 0 radical (unpaired) electrons. The lowest BCUT2D eigenvalue weighted by molar-refractivity contribution is -0.134. The number of benzene rings is 1. The number of rotatable bonds is 3. The fraction of sp³-hybridized carbons (Fsp3) is 0.594. The van der Waals surface area contributed by atoms with Crippen LogP contribution in [0.5, 0.6) is 0 Å². The Bertz CT molecular complexity index is 1260. The predicted molar refractivity (Wildman–Crippen MR) is 165 cm³/mol. The van der Waals surface area contributed by atoms with Crippen LogP contribution in [0.1, 0.15) is 86.7 Å². The number of hydrogen-bond acceptors (Lipinski definition) is 4. The molecule has 0 saturated carbocycles. The highest BCUT2D eigenvalue weighted by atomic mass is 79.9. The van der Waals surface area contributed by atoms with E-state index < -0.39 is 5.60 Å². The molecule has 0 N–H and O–H groups in total. The monoisotopic (exact) mass is 673 g/mol. The van der Waals surface area contributed by atoms with Crippen LogP contribution in [0.4, 0.5) is 4.79 Å². The Morgan fingerprint density at radius 1 is 0.950 bits per heavy atom. The molecule has 1 atom stereocenters. The summed E-state index contributed by atoms with van der Waals surface area (Å²) in [5, 5.41) is 0. The van der Waals surface area contributed by atoms with Crippen LogP contribution in [0.2, 0.25) is 0 Å². The Balaban J connectivity index is 1.23. The van der Waals surface area contributed by atoms with Gasteiger partial charge in [-0.05, 0) is 128 Å². The largest absolute Gasteiger partial charge is 0.444 e. The number of hydrogen-bond donors (Lipinski definition) is 0. The predicted octanol–water partition coefficient (Wildman–Crippen LogP) is 7.42. The number of piperidine rings is 2. The Morgan fingerprint density at radius 2 is 1.60 bits per heavy atom. The van der Waals surface area contributed by atoms with Crippen molar-refractivity contribution in [3.05, 3.63) is 61.3 Å². The van der Waals surface area contributed by atoms with Gasteiger partial charge >= 0.3 is 6.09 Å². The number of likely N-dealkylation sites (tertiary alicyclic amines) is 2. The smallest absolute Gasteiger partial charge is 0.410 e. The molecule has 0 bridgehead atoms. The van der Waals surface area contributed by atoms with Gasteiger partial charge in [-0.1, -0.05) is 22.0 Å². The minimum Gasteiger partial charge on any atom is -0.444 e. The molecular weight excluding hydrogens is 634 g/mol. The van der Waals surface area contributed by atoms with Crippen molar-refractivity contribution in [2.45, 2.75) is 84.2 Å². The van der Waals surface area contributed by atoms with E-state index in [0.717, 1.165) is 56.1 Å². The average molecular weight is 676 g/mol. The second-order valence-corrected chi connectivity index (χ2v) is 14.6. The molecule has 1 aromatic carbocycles. The Morgan fingerprint density at radius 3 is 2.27 bits per heavy atom. The van der Waals surface area contributed by atoms with E-state index in [4.69, 9.17) is 9.72 Å². The van der Waals surface area contributed by atoms with Crippen molar-refractivity contribution in [1.29, 1.82) is 0 Å². The summed E-state index contributed by atoms with van der Waals surface area (Å²) < 4.78 is 7.73. The number of aryl methyl sites for hydroxylation is 3. The maximum atomic E-state index is 13.3. The molecule has 1 aromatic heterocycles. The van der Waals surface area contributed by atoms with Gasteiger partial charge in [0.25, 0.3) is 0 Å². The van der Waals surface area contributed by atoms with Gasteiger partial charge in [-0.2, -0.15) is 0 Å². The fourth-order valence-electron chi connectivity index (χ4n) is 6.72. The zero-order chi connectivity index (χ0) is 28.6. The summed E-state index contributed by atoms with van der Waals surface area (Å²) in [4.78, 5) is 34.6. The first-order valence-electron chi connectivity index (χ1n) is 14.7. The number of nitrogens with zero attached hydrogens (tertiary/aromatic N) is 3. The standard InChI is InChI=1S/C32H41Br2N3O3/c1-20-15-23-5-6-24-18-25(33)19-35-30(24)29(28(23)26(34)16-20)22-9-13-36(14-10-22)27(38)17-21-7-11-37(12-8-21)31(39)40-32(2,3)4/h15-16,18-19,21-22,29H,5-14,17H2,1-4H3. The number of carbonyl (C=O) groups is 2. The minimum absolute atomic E-state index is 0.227. The lowest BCUT2D eigenvalue weighted by atomic mass is 9.76. The molecule has 3 heterocycles. The third-order valence-corrected chi connectivity index (χ3v) is 9.78. The van der Waals surface area contributed by atoms with Crippen LogP contribution in [-0.4, -0.2) is 58.6 Å². The highest BCUT2D eigenvalue weighted by Crippen LogP contribution is 2.45. The van der Waals surface area contributed by atoms with Gasteiger partial charge in [-0.15, -0.1) is 0 Å². The average Bonchev–Trinajstić information content (AvgIpc) is 3.05. The Hall–Kier alpha value is -1.93. The quantitative estimate of drug-likeness (QED) is 0.340. The summed E-state index contributed by atoms with van der Waals surface area (Å²) in [6, 6.07) is 6.83. The lowest BCUT2D eigenvalue weighted by Gasteiger charge is -2.38. The van der Waals surface area contributed by atoms with Gasteiger partial charge < -0.3 is 14.5 Å². The normalized spacial score (nSPS) is 20.5. The topological polar surface area (TPSA) is 62.7 Å². The van der Waals surface area contributed by atoms with Crippen LogP contribution in [-0.2, 0) is 22.4 Å². The molecule has 40 heavy (non-hydrogen) atoms. The molecule has 8 heteroatoms. The van der Waals surface area contributed by atoms with Gasteiger partial charge in [0.1, 0.15) is 5.60 Å². The van der Waals surface area contributed by atoms with Crippen molar-refractivity contribution in [1.82, 2.24) is 14.8 Å². The van der Waals surface area contributed by atoms with Crippen molar-refractivity contribution < 1.29 is 14.3 Å². The molecule has 216 valence electrons. The molecule has 0 spiro atoms. The molecule has 2 amide bonds. The summed E-state index contributed by atoms with van der Waals surface area (Å²) in [5.74, 6) is 1.25. The summed E-state index contributed by atoms with van der Waals surface area (Å²) in [5.41, 5.74) is 6.13. The number of ether oxygens (including phenoxy) is 1. The van der Waals surface area contributed by atoms with E-state index >= 15 is 0 Å². The van der Waals surface area contributed by atoms with Crippen LogP contribution in [0.15, 0.2) is 33.3 Å². The van der Waals surface area contributed by atoms with Gasteiger partial charge in [0.05, 0.1) is 5.69 Å². The van der Waals surface area contributed by atoms with Crippen LogP contribution in [0.25, 0.3) is 0 Å². The lowest BCUT2D eigenvalue weighted by Crippen LogP contribution is -2.44.